The van der Waals surface area contributed by atoms with Crippen LogP contribution in [0.25, 0.3) is 11.5 Å². The lowest BCUT2D eigenvalue weighted by Gasteiger charge is -2.05. The van der Waals surface area contributed by atoms with Crippen LogP contribution in [0.1, 0.15) is 5.56 Å². The highest BCUT2D eigenvalue weighted by molar-refractivity contribution is 5.90. The molecule has 0 aliphatic heterocycles. The number of hydrogen-bond acceptors (Lipinski definition) is 5. The first-order valence-corrected chi connectivity index (χ1v) is 7.09. The van der Waals surface area contributed by atoms with Crippen LogP contribution in [0.5, 0.6) is 5.75 Å². The Morgan fingerprint density at radius 1 is 1.13 bits per heavy atom. The number of nitrogens with zero attached hydrogens (tertiary/aromatic N) is 2. The third kappa shape index (κ3) is 3.94. The molecule has 0 radical (unpaired) electrons. The molecule has 0 aliphatic rings. The number of amides is 1. The lowest BCUT2D eigenvalue weighted by Crippen LogP contribution is -2.20. The van der Waals surface area contributed by atoms with Gasteiger partial charge in [-0.15, -0.1) is 0 Å². The predicted molar refractivity (Wildman–Crippen MR) is 85.0 cm³/mol. The van der Waals surface area contributed by atoms with Crippen molar-refractivity contribution in [1.29, 1.82) is 0 Å². The summed E-state index contributed by atoms with van der Waals surface area (Å²) in [4.78, 5) is 16.0. The molecule has 6 heteroatoms. The third-order valence-electron chi connectivity index (χ3n) is 3.09. The fourth-order valence-corrected chi connectivity index (χ4v) is 1.92. The first-order valence-electron chi connectivity index (χ1n) is 7.09. The normalized spacial score (nSPS) is 10.3. The minimum absolute atomic E-state index is 0.112. The lowest BCUT2D eigenvalue weighted by atomic mass is 10.2. The number of anilines is 1. The zero-order valence-electron chi connectivity index (χ0n) is 12.5. The van der Waals surface area contributed by atoms with E-state index in [2.05, 4.69) is 15.5 Å². The molecule has 3 rings (SSSR count). The minimum Gasteiger partial charge on any atom is -0.484 e. The third-order valence-corrected chi connectivity index (χ3v) is 3.09. The van der Waals surface area contributed by atoms with Gasteiger partial charge in [0, 0.05) is 5.56 Å². The highest BCUT2D eigenvalue weighted by Gasteiger charge is 2.11. The van der Waals surface area contributed by atoms with Gasteiger partial charge in [0.05, 0.1) is 0 Å². The van der Waals surface area contributed by atoms with Crippen molar-refractivity contribution in [3.05, 3.63) is 60.2 Å². The first-order chi connectivity index (χ1) is 11.2. The Hall–Kier alpha value is -3.15. The maximum absolute atomic E-state index is 11.8. The van der Waals surface area contributed by atoms with E-state index in [0.29, 0.717) is 11.6 Å². The number of carbonyl (C=O) groups is 1. The highest BCUT2D eigenvalue weighted by atomic mass is 16.5. The fourth-order valence-electron chi connectivity index (χ4n) is 1.92. The molecule has 0 saturated heterocycles. The molecule has 0 bridgehead atoms. The second kappa shape index (κ2) is 6.74. The molecule has 0 fully saturated rings. The Labute approximate surface area is 133 Å². The topological polar surface area (TPSA) is 77.2 Å². The molecule has 1 aromatic heterocycles. The van der Waals surface area contributed by atoms with Gasteiger partial charge in [0.25, 0.3) is 17.7 Å². The van der Waals surface area contributed by atoms with Crippen molar-refractivity contribution < 1.29 is 14.1 Å². The van der Waals surface area contributed by atoms with Gasteiger partial charge >= 0.3 is 0 Å². The largest absolute Gasteiger partial charge is 0.484 e. The predicted octanol–water partition coefficient (Wildman–Crippen LogP) is 3.06. The summed E-state index contributed by atoms with van der Waals surface area (Å²) in [7, 11) is 0. The highest BCUT2D eigenvalue weighted by Crippen LogP contribution is 2.17. The Kier molecular flexibility index (Phi) is 4.33. The molecule has 3 aromatic rings. The molecule has 6 nitrogen and oxygen atoms in total. The fraction of sp³-hybridized carbons (Fsp3) is 0.118. The molecule has 0 unspecified atom stereocenters. The molecule has 1 amide bonds. The van der Waals surface area contributed by atoms with Crippen molar-refractivity contribution in [3.63, 3.8) is 0 Å². The number of aryl methyl sites for hydroxylation is 1. The van der Waals surface area contributed by atoms with Crippen molar-refractivity contribution in [3.8, 4) is 17.2 Å². The molecule has 1 heterocycles. The average molecular weight is 309 g/mol. The van der Waals surface area contributed by atoms with Crippen LogP contribution < -0.4 is 10.1 Å². The summed E-state index contributed by atoms with van der Waals surface area (Å²) in [6.45, 7) is 1.86. The van der Waals surface area contributed by atoms with Crippen molar-refractivity contribution in [2.75, 3.05) is 11.9 Å². The maximum atomic E-state index is 11.8. The molecule has 0 spiro atoms. The number of aromatic nitrogens is 2. The summed E-state index contributed by atoms with van der Waals surface area (Å²) in [5.41, 5.74) is 1.92. The zero-order chi connectivity index (χ0) is 16.1. The van der Waals surface area contributed by atoms with Crippen LogP contribution >= 0.6 is 0 Å². The van der Waals surface area contributed by atoms with Gasteiger partial charge in [0.2, 0.25) is 0 Å². The van der Waals surface area contributed by atoms with Gasteiger partial charge in [0.1, 0.15) is 5.75 Å². The van der Waals surface area contributed by atoms with Gasteiger partial charge in [-0.05, 0) is 36.3 Å². The van der Waals surface area contributed by atoms with E-state index in [-0.39, 0.29) is 18.5 Å². The number of hydrogen-bond donors (Lipinski definition) is 1. The SMILES string of the molecule is Cc1ccc(OCC(=O)Nc2noc(-c3ccccc3)n2)cc1. The molecular formula is C17H15N3O3. The quantitative estimate of drug-likeness (QED) is 0.783. The summed E-state index contributed by atoms with van der Waals surface area (Å²) in [5, 5.41) is 6.26. The van der Waals surface area contributed by atoms with Crippen LogP contribution in [-0.2, 0) is 4.79 Å². The van der Waals surface area contributed by atoms with Crippen LogP contribution in [0.15, 0.2) is 59.1 Å². The second-order valence-corrected chi connectivity index (χ2v) is 4.94. The Morgan fingerprint density at radius 2 is 1.87 bits per heavy atom. The summed E-state index contributed by atoms with van der Waals surface area (Å²) in [5.74, 6) is 0.733. The van der Waals surface area contributed by atoms with Crippen LogP contribution in [0.4, 0.5) is 5.95 Å². The van der Waals surface area contributed by atoms with Gasteiger partial charge in [-0.1, -0.05) is 35.9 Å². The van der Waals surface area contributed by atoms with Gasteiger partial charge in [-0.3, -0.25) is 10.1 Å². The van der Waals surface area contributed by atoms with Crippen molar-refractivity contribution >= 4 is 11.9 Å². The van der Waals surface area contributed by atoms with E-state index in [4.69, 9.17) is 9.26 Å². The Morgan fingerprint density at radius 3 is 2.61 bits per heavy atom. The average Bonchev–Trinajstić information content (AvgIpc) is 3.04. The van der Waals surface area contributed by atoms with E-state index >= 15 is 0 Å². The van der Waals surface area contributed by atoms with Crippen LogP contribution in [-0.4, -0.2) is 22.7 Å². The van der Waals surface area contributed by atoms with Crippen molar-refractivity contribution in [1.82, 2.24) is 10.1 Å². The summed E-state index contributed by atoms with van der Waals surface area (Å²) < 4.78 is 10.5. The zero-order valence-corrected chi connectivity index (χ0v) is 12.5. The first kappa shape index (κ1) is 14.8. The molecule has 2 aromatic carbocycles. The summed E-state index contributed by atoms with van der Waals surface area (Å²) in [6, 6.07) is 16.8. The Balaban J connectivity index is 1.56. The van der Waals surface area contributed by atoms with Gasteiger partial charge < -0.3 is 9.26 Å². The summed E-state index contributed by atoms with van der Waals surface area (Å²) in [6.07, 6.45) is 0. The lowest BCUT2D eigenvalue weighted by molar-refractivity contribution is -0.118. The number of rotatable bonds is 5. The molecule has 0 atom stereocenters. The second-order valence-electron chi connectivity index (χ2n) is 4.94. The van der Waals surface area contributed by atoms with E-state index in [9.17, 15) is 4.79 Å². The number of carbonyl (C=O) groups excluding carboxylic acids is 1. The van der Waals surface area contributed by atoms with Crippen LogP contribution in [0.3, 0.4) is 0 Å². The molecule has 1 N–H and O–H groups in total. The van der Waals surface area contributed by atoms with Crippen LogP contribution in [0.2, 0.25) is 0 Å². The van der Waals surface area contributed by atoms with Gasteiger partial charge in [0.15, 0.2) is 6.61 Å². The molecule has 0 saturated carbocycles. The maximum Gasteiger partial charge on any atom is 0.270 e. The van der Waals surface area contributed by atoms with Crippen molar-refractivity contribution in [2.24, 2.45) is 0 Å². The molecular weight excluding hydrogens is 294 g/mol. The standard InChI is InChI=1S/C17H15N3O3/c1-12-7-9-14(10-8-12)22-11-15(21)18-17-19-16(23-20-17)13-5-3-2-4-6-13/h2-10H,11H2,1H3,(H,18,20,21). The number of ether oxygens (including phenoxy) is 1. The number of benzene rings is 2. The van der Waals surface area contributed by atoms with E-state index in [0.717, 1.165) is 11.1 Å². The Bertz CT molecular complexity index is 782. The van der Waals surface area contributed by atoms with E-state index < -0.39 is 0 Å². The van der Waals surface area contributed by atoms with Crippen LogP contribution in [0, 0.1) is 6.92 Å². The van der Waals surface area contributed by atoms with Crippen molar-refractivity contribution in [2.45, 2.75) is 6.92 Å². The molecule has 116 valence electrons. The van der Waals surface area contributed by atoms with Gasteiger partial charge in [-0.25, -0.2) is 0 Å². The van der Waals surface area contributed by atoms with E-state index in [1.165, 1.54) is 0 Å². The smallest absolute Gasteiger partial charge is 0.270 e. The molecule has 0 aliphatic carbocycles. The van der Waals surface area contributed by atoms with Gasteiger partial charge in [-0.2, -0.15) is 4.98 Å². The molecule has 23 heavy (non-hydrogen) atoms. The summed E-state index contributed by atoms with van der Waals surface area (Å²) >= 11 is 0. The minimum atomic E-state index is -0.356. The van der Waals surface area contributed by atoms with E-state index in [1.807, 2.05) is 61.5 Å². The number of nitrogens with one attached hydrogen (secondary N) is 1. The van der Waals surface area contributed by atoms with E-state index in [1.54, 1.807) is 0 Å². The monoisotopic (exact) mass is 309 g/mol.